The third-order valence-electron chi connectivity index (χ3n) is 2.14. The van der Waals surface area contributed by atoms with Gasteiger partial charge in [0.25, 0.3) is 0 Å². The van der Waals surface area contributed by atoms with Gasteiger partial charge in [-0.1, -0.05) is 39.5 Å². The fourth-order valence-corrected chi connectivity index (χ4v) is 1.48. The van der Waals surface area contributed by atoms with E-state index in [-0.39, 0.29) is 0 Å². The second-order valence-electron chi connectivity index (χ2n) is 2.85. The molecule has 1 aliphatic rings. The van der Waals surface area contributed by atoms with Gasteiger partial charge in [-0.25, -0.2) is 0 Å². The standard InChI is InChI=1S/C8H16O.C2H6/c1-9-8-6-4-2-3-5-7-8;1-2/h8H,2-7H2,1H3;1-2H3. The van der Waals surface area contributed by atoms with Gasteiger partial charge in [-0.05, 0) is 12.8 Å². The van der Waals surface area contributed by atoms with E-state index < -0.39 is 0 Å². The summed E-state index contributed by atoms with van der Waals surface area (Å²) in [5.74, 6) is 0. The molecule has 1 fully saturated rings. The van der Waals surface area contributed by atoms with Crippen LogP contribution < -0.4 is 0 Å². The first kappa shape index (κ1) is 11.0. The summed E-state index contributed by atoms with van der Waals surface area (Å²) in [5.41, 5.74) is 0. The lowest BCUT2D eigenvalue weighted by Gasteiger charge is -2.09. The third kappa shape index (κ3) is 5.25. The van der Waals surface area contributed by atoms with Gasteiger partial charge in [-0.15, -0.1) is 0 Å². The summed E-state index contributed by atoms with van der Waals surface area (Å²) in [7, 11) is 1.83. The van der Waals surface area contributed by atoms with Crippen LogP contribution >= 0.6 is 0 Å². The van der Waals surface area contributed by atoms with Crippen molar-refractivity contribution in [3.05, 3.63) is 0 Å². The maximum atomic E-state index is 5.27. The van der Waals surface area contributed by atoms with E-state index in [1.807, 2.05) is 21.0 Å². The van der Waals surface area contributed by atoms with Gasteiger partial charge in [-0.2, -0.15) is 0 Å². The molecule has 0 aromatic carbocycles. The maximum Gasteiger partial charge on any atom is 0.0571 e. The molecule has 11 heavy (non-hydrogen) atoms. The summed E-state index contributed by atoms with van der Waals surface area (Å²) >= 11 is 0. The molecule has 1 nitrogen and oxygen atoms in total. The molecule has 0 atom stereocenters. The van der Waals surface area contributed by atoms with Crippen LogP contribution in [0.4, 0.5) is 0 Å². The first-order valence-electron chi connectivity index (χ1n) is 4.96. The van der Waals surface area contributed by atoms with Crippen LogP contribution in [0.5, 0.6) is 0 Å². The third-order valence-corrected chi connectivity index (χ3v) is 2.14. The van der Waals surface area contributed by atoms with Gasteiger partial charge >= 0.3 is 0 Å². The second kappa shape index (κ2) is 8.06. The average molecular weight is 158 g/mol. The highest BCUT2D eigenvalue weighted by molar-refractivity contribution is 4.62. The second-order valence-corrected chi connectivity index (χ2v) is 2.85. The van der Waals surface area contributed by atoms with E-state index in [4.69, 9.17) is 4.74 Å². The van der Waals surface area contributed by atoms with E-state index in [0.29, 0.717) is 6.10 Å². The van der Waals surface area contributed by atoms with E-state index in [9.17, 15) is 0 Å². The van der Waals surface area contributed by atoms with Gasteiger partial charge in [-0.3, -0.25) is 0 Å². The molecule has 0 saturated heterocycles. The quantitative estimate of drug-likeness (QED) is 0.531. The Kier molecular flexibility index (Phi) is 8.03. The van der Waals surface area contributed by atoms with E-state index in [1.165, 1.54) is 38.5 Å². The molecular formula is C10H22O. The van der Waals surface area contributed by atoms with Crippen molar-refractivity contribution in [1.29, 1.82) is 0 Å². The SMILES string of the molecule is CC.COC1CCCCCC1. The maximum absolute atomic E-state index is 5.27. The molecule has 1 aliphatic carbocycles. The molecule has 0 bridgehead atoms. The highest BCUT2D eigenvalue weighted by atomic mass is 16.5. The number of ether oxygens (including phenoxy) is 1. The molecule has 1 rings (SSSR count). The molecule has 0 spiro atoms. The monoisotopic (exact) mass is 158 g/mol. The molecule has 0 aliphatic heterocycles. The molecular weight excluding hydrogens is 136 g/mol. The lowest BCUT2D eigenvalue weighted by Crippen LogP contribution is -2.07. The Labute approximate surface area is 71.1 Å². The Bertz CT molecular complexity index is 63.3. The van der Waals surface area contributed by atoms with E-state index >= 15 is 0 Å². The van der Waals surface area contributed by atoms with Crippen LogP contribution in [0.2, 0.25) is 0 Å². The Morgan fingerprint density at radius 3 is 1.73 bits per heavy atom. The summed E-state index contributed by atoms with van der Waals surface area (Å²) < 4.78 is 5.27. The molecule has 0 aromatic heterocycles. The molecule has 0 radical (unpaired) electrons. The topological polar surface area (TPSA) is 9.23 Å². The Morgan fingerprint density at radius 1 is 0.909 bits per heavy atom. The lowest BCUT2D eigenvalue weighted by molar-refractivity contribution is 0.0900. The van der Waals surface area contributed by atoms with Crippen molar-refractivity contribution in [2.24, 2.45) is 0 Å². The normalized spacial score (nSPS) is 19.9. The van der Waals surface area contributed by atoms with Crippen molar-refractivity contribution in [3.63, 3.8) is 0 Å². The summed E-state index contributed by atoms with van der Waals surface area (Å²) in [6.07, 6.45) is 8.73. The average Bonchev–Trinajstić information content (AvgIpc) is 2.35. The number of rotatable bonds is 1. The summed E-state index contributed by atoms with van der Waals surface area (Å²) in [6.45, 7) is 4.00. The molecule has 0 heterocycles. The van der Waals surface area contributed by atoms with Crippen molar-refractivity contribution in [2.75, 3.05) is 7.11 Å². The summed E-state index contributed by atoms with van der Waals surface area (Å²) in [6, 6.07) is 0. The van der Waals surface area contributed by atoms with Crippen molar-refractivity contribution in [3.8, 4) is 0 Å². The lowest BCUT2D eigenvalue weighted by atomic mass is 10.2. The van der Waals surface area contributed by atoms with E-state index in [1.54, 1.807) is 0 Å². The molecule has 68 valence electrons. The van der Waals surface area contributed by atoms with Gasteiger partial charge in [0, 0.05) is 7.11 Å². The van der Waals surface area contributed by atoms with Crippen molar-refractivity contribution in [1.82, 2.24) is 0 Å². The van der Waals surface area contributed by atoms with Crippen molar-refractivity contribution >= 4 is 0 Å². The predicted octanol–water partition coefficient (Wildman–Crippen LogP) is 3.38. The Balaban J connectivity index is 0.000000461. The zero-order valence-electron chi connectivity index (χ0n) is 8.23. The first-order valence-corrected chi connectivity index (χ1v) is 4.96. The van der Waals surface area contributed by atoms with Gasteiger partial charge in [0.2, 0.25) is 0 Å². The van der Waals surface area contributed by atoms with Gasteiger partial charge in [0.1, 0.15) is 0 Å². The van der Waals surface area contributed by atoms with Crippen LogP contribution in [0.15, 0.2) is 0 Å². The molecule has 1 heteroatoms. The molecule has 0 N–H and O–H groups in total. The zero-order chi connectivity index (χ0) is 8.53. The van der Waals surface area contributed by atoms with Gasteiger partial charge in [0.05, 0.1) is 6.10 Å². The van der Waals surface area contributed by atoms with Crippen LogP contribution in [-0.2, 0) is 4.74 Å². The summed E-state index contributed by atoms with van der Waals surface area (Å²) in [4.78, 5) is 0. The smallest absolute Gasteiger partial charge is 0.0571 e. The van der Waals surface area contributed by atoms with Gasteiger partial charge < -0.3 is 4.74 Å². The van der Waals surface area contributed by atoms with E-state index in [2.05, 4.69) is 0 Å². The molecule has 1 saturated carbocycles. The number of hydrogen-bond donors (Lipinski definition) is 0. The van der Waals surface area contributed by atoms with Gasteiger partial charge in [0.15, 0.2) is 0 Å². The van der Waals surface area contributed by atoms with Crippen molar-refractivity contribution < 1.29 is 4.74 Å². The largest absolute Gasteiger partial charge is 0.381 e. The first-order chi connectivity index (χ1) is 5.43. The van der Waals surface area contributed by atoms with E-state index in [0.717, 1.165) is 0 Å². The number of hydrogen-bond acceptors (Lipinski definition) is 1. The Hall–Kier alpha value is -0.0400. The number of methoxy groups -OCH3 is 1. The molecule has 0 unspecified atom stereocenters. The highest BCUT2D eigenvalue weighted by Crippen LogP contribution is 2.18. The Morgan fingerprint density at radius 2 is 1.36 bits per heavy atom. The fraction of sp³-hybridized carbons (Fsp3) is 1.00. The minimum Gasteiger partial charge on any atom is -0.381 e. The highest BCUT2D eigenvalue weighted by Gasteiger charge is 2.09. The predicted molar refractivity (Wildman–Crippen MR) is 49.8 cm³/mol. The molecule has 0 amide bonds. The van der Waals surface area contributed by atoms with Crippen LogP contribution in [0, 0.1) is 0 Å². The minimum absolute atomic E-state index is 0.576. The van der Waals surface area contributed by atoms with Crippen LogP contribution in [0.1, 0.15) is 52.4 Å². The van der Waals surface area contributed by atoms with Crippen LogP contribution in [-0.4, -0.2) is 13.2 Å². The zero-order valence-corrected chi connectivity index (χ0v) is 8.23. The fourth-order valence-electron chi connectivity index (χ4n) is 1.48. The van der Waals surface area contributed by atoms with Crippen molar-refractivity contribution in [2.45, 2.75) is 58.5 Å². The molecule has 0 aromatic rings. The van der Waals surface area contributed by atoms with Crippen LogP contribution in [0.25, 0.3) is 0 Å². The summed E-state index contributed by atoms with van der Waals surface area (Å²) in [5, 5.41) is 0. The van der Waals surface area contributed by atoms with Crippen LogP contribution in [0.3, 0.4) is 0 Å². The minimum atomic E-state index is 0.576.